The van der Waals surface area contributed by atoms with Gasteiger partial charge in [-0.05, 0) is 23.7 Å². The lowest BCUT2D eigenvalue weighted by atomic mass is 10.2. The quantitative estimate of drug-likeness (QED) is 0.724. The molecule has 14 heavy (non-hydrogen) atoms. The number of benzene rings is 1. The molecule has 1 aromatic carbocycles. The number of hydrogen-bond acceptors (Lipinski definition) is 3. The third kappa shape index (κ3) is 1.85. The molecule has 2 rings (SSSR count). The van der Waals surface area contributed by atoms with Crippen molar-refractivity contribution in [3.63, 3.8) is 0 Å². The minimum absolute atomic E-state index is 0.0479. The fraction of sp³-hybridized carbons (Fsp3) is 0. The summed E-state index contributed by atoms with van der Waals surface area (Å²) in [5, 5.41) is 7.17. The smallest absolute Gasteiger partial charge is 0.215 e. The van der Waals surface area contributed by atoms with Crippen molar-refractivity contribution in [1.29, 1.82) is 0 Å². The summed E-state index contributed by atoms with van der Waals surface area (Å²) in [6, 6.07) is 6.05. The van der Waals surface area contributed by atoms with E-state index in [4.69, 9.17) is 11.6 Å². The number of halogens is 2. The van der Waals surface area contributed by atoms with Crippen molar-refractivity contribution in [3.05, 3.63) is 41.6 Å². The summed E-state index contributed by atoms with van der Waals surface area (Å²) >= 11 is 5.56. The second kappa shape index (κ2) is 3.67. The summed E-state index contributed by atoms with van der Waals surface area (Å²) in [6.07, 6.45) is 1.43. The lowest BCUT2D eigenvalue weighted by Gasteiger charge is -1.99. The van der Waals surface area contributed by atoms with Crippen LogP contribution in [0.2, 0.25) is 5.28 Å². The molecule has 0 saturated carbocycles. The van der Waals surface area contributed by atoms with E-state index in [1.54, 1.807) is 12.1 Å². The maximum Gasteiger partial charge on any atom is 0.243 e. The Kier molecular flexibility index (Phi) is 2.37. The van der Waals surface area contributed by atoms with E-state index in [0.29, 0.717) is 11.3 Å². The van der Waals surface area contributed by atoms with Gasteiger partial charge in [0.1, 0.15) is 5.82 Å². The minimum Gasteiger partial charge on any atom is -0.215 e. The molecule has 70 valence electrons. The molecule has 1 heterocycles. The zero-order chi connectivity index (χ0) is 9.97. The van der Waals surface area contributed by atoms with Crippen LogP contribution in [0.25, 0.3) is 11.3 Å². The average Bonchev–Trinajstić information content (AvgIpc) is 2.18. The monoisotopic (exact) mass is 209 g/mol. The van der Waals surface area contributed by atoms with Crippen molar-refractivity contribution in [2.75, 3.05) is 0 Å². The van der Waals surface area contributed by atoms with E-state index in [1.165, 1.54) is 18.3 Å². The topological polar surface area (TPSA) is 38.7 Å². The fourth-order valence-electron chi connectivity index (χ4n) is 1.07. The molecule has 0 aliphatic carbocycles. The van der Waals surface area contributed by atoms with Crippen LogP contribution in [-0.2, 0) is 0 Å². The van der Waals surface area contributed by atoms with Crippen LogP contribution >= 0.6 is 11.6 Å². The predicted molar refractivity (Wildman–Crippen MR) is 50.2 cm³/mol. The van der Waals surface area contributed by atoms with Gasteiger partial charge in [0.15, 0.2) is 0 Å². The summed E-state index contributed by atoms with van der Waals surface area (Å²) in [5.74, 6) is -0.322. The zero-order valence-corrected chi connectivity index (χ0v) is 7.74. The molecular weight excluding hydrogens is 205 g/mol. The highest BCUT2D eigenvalue weighted by atomic mass is 35.5. The van der Waals surface area contributed by atoms with Crippen molar-refractivity contribution >= 4 is 11.6 Å². The van der Waals surface area contributed by atoms with Gasteiger partial charge in [-0.25, -0.2) is 9.37 Å². The van der Waals surface area contributed by atoms with Gasteiger partial charge in [0.05, 0.1) is 11.9 Å². The highest BCUT2D eigenvalue weighted by Crippen LogP contribution is 2.17. The maximum atomic E-state index is 12.9. The van der Waals surface area contributed by atoms with Gasteiger partial charge in [0, 0.05) is 5.56 Å². The Morgan fingerprint density at radius 2 is 2.14 bits per heavy atom. The Morgan fingerprint density at radius 1 is 1.29 bits per heavy atom. The van der Waals surface area contributed by atoms with E-state index in [-0.39, 0.29) is 11.1 Å². The molecule has 0 radical (unpaired) electrons. The molecule has 0 amide bonds. The molecule has 1 aromatic heterocycles. The second-order valence-corrected chi connectivity index (χ2v) is 2.96. The predicted octanol–water partition coefficient (Wildman–Crippen LogP) is 2.33. The van der Waals surface area contributed by atoms with Gasteiger partial charge in [-0.1, -0.05) is 12.1 Å². The molecule has 0 N–H and O–H groups in total. The summed E-state index contributed by atoms with van der Waals surface area (Å²) in [6.45, 7) is 0. The summed E-state index contributed by atoms with van der Waals surface area (Å²) in [5.41, 5.74) is 1.13. The Hall–Kier alpha value is -1.55. The molecule has 0 aliphatic heterocycles. The lowest BCUT2D eigenvalue weighted by molar-refractivity contribution is 0.628. The van der Waals surface area contributed by atoms with Crippen molar-refractivity contribution < 1.29 is 4.39 Å². The minimum atomic E-state index is -0.322. The number of rotatable bonds is 1. The molecule has 0 spiro atoms. The molecule has 0 unspecified atom stereocenters. The normalized spacial score (nSPS) is 10.1. The standard InChI is InChI=1S/C9H5ClFN3/c10-9-13-8(5-12-14-9)6-2-1-3-7(11)4-6/h1-5H. The molecule has 0 fully saturated rings. The van der Waals surface area contributed by atoms with Gasteiger partial charge >= 0.3 is 0 Å². The third-order valence-electron chi connectivity index (χ3n) is 1.65. The van der Waals surface area contributed by atoms with Crippen molar-refractivity contribution in [3.8, 4) is 11.3 Å². The van der Waals surface area contributed by atoms with Gasteiger partial charge in [-0.15, -0.1) is 5.10 Å². The van der Waals surface area contributed by atoms with E-state index in [9.17, 15) is 4.39 Å². The van der Waals surface area contributed by atoms with Crippen molar-refractivity contribution in [2.24, 2.45) is 0 Å². The number of aromatic nitrogens is 3. The van der Waals surface area contributed by atoms with Gasteiger partial charge in [0.25, 0.3) is 0 Å². The van der Waals surface area contributed by atoms with Crippen LogP contribution in [0, 0.1) is 5.82 Å². The summed E-state index contributed by atoms with van der Waals surface area (Å²) in [4.78, 5) is 3.91. The van der Waals surface area contributed by atoms with E-state index in [0.717, 1.165) is 0 Å². The highest BCUT2D eigenvalue weighted by Gasteiger charge is 2.02. The van der Waals surface area contributed by atoms with E-state index in [1.807, 2.05) is 0 Å². The first-order valence-electron chi connectivity index (χ1n) is 3.87. The Bertz CT molecular complexity index is 418. The SMILES string of the molecule is Fc1cccc(-c2cnnc(Cl)n2)c1. The van der Waals surface area contributed by atoms with E-state index < -0.39 is 0 Å². The van der Waals surface area contributed by atoms with Crippen LogP contribution in [0.5, 0.6) is 0 Å². The van der Waals surface area contributed by atoms with Gasteiger partial charge in [0.2, 0.25) is 5.28 Å². The first-order chi connectivity index (χ1) is 6.75. The molecule has 0 atom stereocenters. The van der Waals surface area contributed by atoms with Crippen LogP contribution in [0.15, 0.2) is 30.5 Å². The fourth-order valence-corrected chi connectivity index (χ4v) is 1.20. The zero-order valence-electron chi connectivity index (χ0n) is 6.98. The number of hydrogen-bond donors (Lipinski definition) is 0. The third-order valence-corrected chi connectivity index (χ3v) is 1.81. The molecule has 2 aromatic rings. The van der Waals surface area contributed by atoms with Crippen LogP contribution in [0.1, 0.15) is 0 Å². The lowest BCUT2D eigenvalue weighted by Crippen LogP contribution is -1.90. The second-order valence-electron chi connectivity index (χ2n) is 2.62. The molecule has 0 aliphatic rings. The van der Waals surface area contributed by atoms with Gasteiger partial charge in [-0.2, -0.15) is 5.10 Å². The van der Waals surface area contributed by atoms with Crippen LogP contribution < -0.4 is 0 Å². The van der Waals surface area contributed by atoms with Gasteiger partial charge in [-0.3, -0.25) is 0 Å². The van der Waals surface area contributed by atoms with Crippen LogP contribution in [0.3, 0.4) is 0 Å². The first-order valence-corrected chi connectivity index (χ1v) is 4.24. The Balaban J connectivity index is 2.49. The average molecular weight is 210 g/mol. The van der Waals surface area contributed by atoms with E-state index >= 15 is 0 Å². The van der Waals surface area contributed by atoms with Crippen LogP contribution in [0.4, 0.5) is 4.39 Å². The molecule has 0 bridgehead atoms. The number of nitrogens with zero attached hydrogens (tertiary/aromatic N) is 3. The summed E-state index contributed by atoms with van der Waals surface area (Å²) in [7, 11) is 0. The molecule has 5 heteroatoms. The highest BCUT2D eigenvalue weighted by molar-refractivity contribution is 6.28. The maximum absolute atomic E-state index is 12.9. The van der Waals surface area contributed by atoms with Gasteiger partial charge < -0.3 is 0 Å². The Morgan fingerprint density at radius 3 is 2.86 bits per heavy atom. The summed E-state index contributed by atoms with van der Waals surface area (Å²) < 4.78 is 12.9. The molecule has 0 saturated heterocycles. The molecule has 3 nitrogen and oxygen atoms in total. The largest absolute Gasteiger partial charge is 0.243 e. The first kappa shape index (κ1) is 9.02. The van der Waals surface area contributed by atoms with Crippen LogP contribution in [-0.4, -0.2) is 15.2 Å². The van der Waals surface area contributed by atoms with Crippen molar-refractivity contribution in [2.45, 2.75) is 0 Å². The van der Waals surface area contributed by atoms with E-state index in [2.05, 4.69) is 15.2 Å². The van der Waals surface area contributed by atoms with Crippen molar-refractivity contribution in [1.82, 2.24) is 15.2 Å². The Labute approximate surface area is 84.6 Å². The molecular formula is C9H5ClFN3.